The molecule has 0 aliphatic carbocycles. The molecule has 2 N–H and O–H groups in total. The summed E-state index contributed by atoms with van der Waals surface area (Å²) >= 11 is 5.63. The summed E-state index contributed by atoms with van der Waals surface area (Å²) in [5.74, 6) is -1.81. The lowest BCUT2D eigenvalue weighted by molar-refractivity contribution is -0.384. The molecule has 2 amide bonds. The van der Waals surface area contributed by atoms with E-state index in [4.69, 9.17) is 11.6 Å². The van der Waals surface area contributed by atoms with E-state index < -0.39 is 28.6 Å². The van der Waals surface area contributed by atoms with Gasteiger partial charge in [-0.15, -0.1) is 0 Å². The molecule has 130 valence electrons. The fourth-order valence-electron chi connectivity index (χ4n) is 1.93. The first-order valence-electron chi connectivity index (χ1n) is 7.09. The lowest BCUT2D eigenvalue weighted by atomic mass is 10.1. The zero-order chi connectivity index (χ0) is 18.6. The highest BCUT2D eigenvalue weighted by Crippen LogP contribution is 2.19. The Morgan fingerprint density at radius 1 is 1.24 bits per heavy atom. The first kappa shape index (κ1) is 18.3. The summed E-state index contributed by atoms with van der Waals surface area (Å²) < 4.78 is 13.1. The number of hydrogen-bond acceptors (Lipinski definition) is 4. The average Bonchev–Trinajstić information content (AvgIpc) is 2.58. The Morgan fingerprint density at radius 3 is 2.60 bits per heavy atom. The summed E-state index contributed by atoms with van der Waals surface area (Å²) in [6.07, 6.45) is 0. The van der Waals surface area contributed by atoms with Crippen molar-refractivity contribution in [3.8, 4) is 0 Å². The number of anilines is 1. The number of nitro groups is 1. The molecule has 2 aromatic carbocycles. The number of amides is 2. The van der Waals surface area contributed by atoms with Gasteiger partial charge >= 0.3 is 0 Å². The average molecular weight is 366 g/mol. The highest BCUT2D eigenvalue weighted by Gasteiger charge is 2.18. The molecule has 2 rings (SSSR count). The van der Waals surface area contributed by atoms with Crippen LogP contribution in [0.4, 0.5) is 15.8 Å². The molecule has 0 unspecified atom stereocenters. The van der Waals surface area contributed by atoms with E-state index in [1.165, 1.54) is 37.3 Å². The van der Waals surface area contributed by atoms with Crippen LogP contribution in [0.1, 0.15) is 17.3 Å². The van der Waals surface area contributed by atoms with E-state index in [1.807, 2.05) is 0 Å². The number of rotatable bonds is 5. The van der Waals surface area contributed by atoms with Crippen LogP contribution in [0.3, 0.4) is 0 Å². The minimum Gasteiger partial charge on any atom is -0.341 e. The van der Waals surface area contributed by atoms with Gasteiger partial charge in [0.15, 0.2) is 0 Å². The van der Waals surface area contributed by atoms with E-state index in [0.717, 1.165) is 12.1 Å². The maximum Gasteiger partial charge on any atom is 0.270 e. The SMILES string of the molecule is C[C@H](NC(=O)c1cccc([N+](=O)[O-])c1)C(=O)Nc1ccc(F)c(Cl)c1. The van der Waals surface area contributed by atoms with Crippen molar-refractivity contribution in [1.29, 1.82) is 0 Å². The first-order valence-corrected chi connectivity index (χ1v) is 7.47. The van der Waals surface area contributed by atoms with Crippen molar-refractivity contribution in [2.75, 3.05) is 5.32 Å². The molecule has 0 fully saturated rings. The summed E-state index contributed by atoms with van der Waals surface area (Å²) in [7, 11) is 0. The van der Waals surface area contributed by atoms with Crippen LogP contribution in [0.5, 0.6) is 0 Å². The number of hydrogen-bond donors (Lipinski definition) is 2. The zero-order valence-corrected chi connectivity index (χ0v) is 13.7. The standard InChI is InChI=1S/C16H13ClFN3O4/c1-9(15(22)20-11-5-6-14(18)13(17)8-11)19-16(23)10-3-2-4-12(7-10)21(24)25/h2-9H,1H3,(H,19,23)(H,20,22)/t9-/m0/s1. The van der Waals surface area contributed by atoms with Gasteiger partial charge < -0.3 is 10.6 Å². The minimum atomic E-state index is -0.935. The Morgan fingerprint density at radius 2 is 1.96 bits per heavy atom. The monoisotopic (exact) mass is 365 g/mol. The number of carbonyl (C=O) groups is 2. The van der Waals surface area contributed by atoms with Gasteiger partial charge in [0.1, 0.15) is 11.9 Å². The molecule has 25 heavy (non-hydrogen) atoms. The fraction of sp³-hybridized carbons (Fsp3) is 0.125. The molecule has 7 nitrogen and oxygen atoms in total. The van der Waals surface area contributed by atoms with Crippen molar-refractivity contribution >= 4 is 34.8 Å². The van der Waals surface area contributed by atoms with Crippen LogP contribution in [0, 0.1) is 15.9 Å². The molecule has 0 bridgehead atoms. The Bertz CT molecular complexity index is 844. The number of nitrogens with zero attached hydrogens (tertiary/aromatic N) is 1. The van der Waals surface area contributed by atoms with Crippen LogP contribution < -0.4 is 10.6 Å². The Labute approximate surface area is 146 Å². The molecule has 0 saturated carbocycles. The van der Waals surface area contributed by atoms with Crippen molar-refractivity contribution in [2.24, 2.45) is 0 Å². The molecular formula is C16H13ClFN3O4. The second kappa shape index (κ2) is 7.71. The van der Waals surface area contributed by atoms with Gasteiger partial charge in [-0.25, -0.2) is 4.39 Å². The number of halogens is 2. The summed E-state index contributed by atoms with van der Waals surface area (Å²) in [5.41, 5.74) is 0.0947. The number of non-ortho nitro benzene ring substituents is 1. The van der Waals surface area contributed by atoms with Crippen LogP contribution in [-0.4, -0.2) is 22.8 Å². The van der Waals surface area contributed by atoms with Crippen LogP contribution in [0.25, 0.3) is 0 Å². The van der Waals surface area contributed by atoms with Gasteiger partial charge in [0.25, 0.3) is 11.6 Å². The number of nitro benzene ring substituents is 1. The van der Waals surface area contributed by atoms with Gasteiger partial charge in [-0.05, 0) is 31.2 Å². The molecule has 0 aromatic heterocycles. The predicted octanol–water partition coefficient (Wildman–Crippen LogP) is 3.14. The Kier molecular flexibility index (Phi) is 5.66. The van der Waals surface area contributed by atoms with Crippen LogP contribution in [0.2, 0.25) is 5.02 Å². The quantitative estimate of drug-likeness (QED) is 0.627. The van der Waals surface area contributed by atoms with Gasteiger partial charge in [-0.3, -0.25) is 19.7 Å². The smallest absolute Gasteiger partial charge is 0.270 e. The number of benzene rings is 2. The Balaban J connectivity index is 2.02. The molecular weight excluding hydrogens is 353 g/mol. The maximum absolute atomic E-state index is 13.1. The van der Waals surface area contributed by atoms with Crippen LogP contribution >= 0.6 is 11.6 Å². The summed E-state index contributed by atoms with van der Waals surface area (Å²) in [6.45, 7) is 1.44. The lowest BCUT2D eigenvalue weighted by Gasteiger charge is -2.14. The highest BCUT2D eigenvalue weighted by molar-refractivity contribution is 6.31. The molecule has 0 radical (unpaired) electrons. The normalized spacial score (nSPS) is 11.5. The summed E-state index contributed by atoms with van der Waals surface area (Å²) in [5, 5.41) is 15.5. The molecule has 2 aromatic rings. The van der Waals surface area contributed by atoms with Crippen molar-refractivity contribution in [2.45, 2.75) is 13.0 Å². The van der Waals surface area contributed by atoms with Crippen LogP contribution in [-0.2, 0) is 4.79 Å². The molecule has 9 heteroatoms. The third-order valence-corrected chi connectivity index (χ3v) is 3.54. The van der Waals surface area contributed by atoms with Crippen molar-refractivity contribution in [3.63, 3.8) is 0 Å². The van der Waals surface area contributed by atoms with Gasteiger partial charge in [-0.1, -0.05) is 17.7 Å². The first-order chi connectivity index (χ1) is 11.8. The molecule has 1 atom stereocenters. The number of nitrogens with one attached hydrogen (secondary N) is 2. The third kappa shape index (κ3) is 4.74. The molecule has 0 saturated heterocycles. The molecule has 0 spiro atoms. The van der Waals surface area contributed by atoms with E-state index in [9.17, 15) is 24.1 Å². The highest BCUT2D eigenvalue weighted by atomic mass is 35.5. The zero-order valence-electron chi connectivity index (χ0n) is 13.0. The second-order valence-electron chi connectivity index (χ2n) is 5.12. The van der Waals surface area contributed by atoms with Crippen molar-refractivity contribution in [3.05, 3.63) is 69.0 Å². The van der Waals surface area contributed by atoms with E-state index in [1.54, 1.807) is 0 Å². The number of carbonyl (C=O) groups excluding carboxylic acids is 2. The second-order valence-corrected chi connectivity index (χ2v) is 5.53. The molecule has 0 aliphatic heterocycles. The van der Waals surface area contributed by atoms with E-state index in [2.05, 4.69) is 10.6 Å². The van der Waals surface area contributed by atoms with Gasteiger partial charge in [-0.2, -0.15) is 0 Å². The molecule has 0 heterocycles. The Hall–Kier alpha value is -3.00. The van der Waals surface area contributed by atoms with Crippen molar-refractivity contribution in [1.82, 2.24) is 5.32 Å². The van der Waals surface area contributed by atoms with E-state index in [0.29, 0.717) is 0 Å². The molecule has 0 aliphatic rings. The topological polar surface area (TPSA) is 101 Å². The minimum absolute atomic E-state index is 0.0543. The van der Waals surface area contributed by atoms with Crippen molar-refractivity contribution < 1.29 is 18.9 Å². The maximum atomic E-state index is 13.1. The summed E-state index contributed by atoms with van der Waals surface area (Å²) in [4.78, 5) is 34.3. The lowest BCUT2D eigenvalue weighted by Crippen LogP contribution is -2.41. The van der Waals surface area contributed by atoms with Gasteiger partial charge in [0, 0.05) is 23.4 Å². The van der Waals surface area contributed by atoms with E-state index in [-0.39, 0.29) is 22.0 Å². The fourth-order valence-corrected chi connectivity index (χ4v) is 2.11. The van der Waals surface area contributed by atoms with E-state index >= 15 is 0 Å². The summed E-state index contributed by atoms with van der Waals surface area (Å²) in [6, 6.07) is 7.87. The predicted molar refractivity (Wildman–Crippen MR) is 90.1 cm³/mol. The van der Waals surface area contributed by atoms with Gasteiger partial charge in [0.2, 0.25) is 5.91 Å². The van der Waals surface area contributed by atoms with Gasteiger partial charge in [0.05, 0.1) is 9.95 Å². The third-order valence-electron chi connectivity index (χ3n) is 3.25. The van der Waals surface area contributed by atoms with Crippen LogP contribution in [0.15, 0.2) is 42.5 Å². The largest absolute Gasteiger partial charge is 0.341 e.